The average molecular weight is 714 g/mol. The first-order valence-corrected chi connectivity index (χ1v) is 17.9. The predicted octanol–water partition coefficient (Wildman–Crippen LogP) is 7.60. The summed E-state index contributed by atoms with van der Waals surface area (Å²) < 4.78 is 14.4. The second-order valence-corrected chi connectivity index (χ2v) is 14.1. The Bertz CT molecular complexity index is 1630. The molecule has 49 heavy (non-hydrogen) atoms. The molecule has 0 fully saturated rings. The molecule has 3 aromatic rings. The van der Waals surface area contributed by atoms with Gasteiger partial charge in [0.25, 0.3) is 14.2 Å². The van der Waals surface area contributed by atoms with Crippen LogP contribution in [0.25, 0.3) is 15.1 Å². The van der Waals surface area contributed by atoms with E-state index in [0.717, 1.165) is 31.4 Å². The van der Waals surface area contributed by atoms with Crippen LogP contribution >= 0.6 is 19.9 Å². The minimum atomic E-state index is -1.19. The number of rotatable bonds is 21. The highest BCUT2D eigenvalue weighted by atomic mass is 32.1. The number of hydrogen-bond acceptors (Lipinski definition) is 12. The van der Waals surface area contributed by atoms with Crippen molar-refractivity contribution in [1.82, 2.24) is 15.0 Å². The van der Waals surface area contributed by atoms with Crippen molar-refractivity contribution >= 4 is 69.8 Å². The summed E-state index contributed by atoms with van der Waals surface area (Å²) in [5.41, 5.74) is 2.20. The lowest BCUT2D eigenvalue weighted by atomic mass is 10.2. The zero-order valence-corrected chi connectivity index (χ0v) is 30.3. The van der Waals surface area contributed by atoms with Gasteiger partial charge < -0.3 is 29.4 Å². The van der Waals surface area contributed by atoms with Gasteiger partial charge in [0.05, 0.1) is 27.4 Å². The number of unbranched alkanes of at least 4 members (excludes halogenated alkanes) is 3. The predicted molar refractivity (Wildman–Crippen MR) is 194 cm³/mol. The molecule has 264 valence electrons. The Morgan fingerprint density at radius 1 is 1.04 bits per heavy atom. The van der Waals surface area contributed by atoms with Crippen LogP contribution in [0.2, 0.25) is 0 Å². The first-order valence-electron chi connectivity index (χ1n) is 15.9. The number of non-ortho nitro benzene ring substituents is 1. The second kappa shape index (κ2) is 20.4. The summed E-state index contributed by atoms with van der Waals surface area (Å²) in [7, 11) is 4.52. The van der Waals surface area contributed by atoms with E-state index < -0.39 is 13.4 Å². The highest BCUT2D eigenvalue weighted by molar-refractivity contribution is 7.44. The van der Waals surface area contributed by atoms with Gasteiger partial charge in [-0.05, 0) is 58.0 Å². The lowest BCUT2D eigenvalue weighted by molar-refractivity contribution is -0.384. The van der Waals surface area contributed by atoms with Gasteiger partial charge in [-0.1, -0.05) is 24.2 Å². The summed E-state index contributed by atoms with van der Waals surface area (Å²) in [5, 5.41) is 25.6. The van der Waals surface area contributed by atoms with Crippen molar-refractivity contribution in [1.29, 1.82) is 0 Å². The van der Waals surface area contributed by atoms with Crippen molar-refractivity contribution in [2.75, 3.05) is 57.7 Å². The van der Waals surface area contributed by atoms with Crippen LogP contribution in [0.3, 0.4) is 0 Å². The molecule has 2 aromatic carbocycles. The first-order chi connectivity index (χ1) is 23.5. The van der Waals surface area contributed by atoms with Crippen LogP contribution < -0.4 is 15.5 Å². The minimum Gasteiger partial charge on any atom is -0.378 e. The molecule has 0 saturated carbocycles. The van der Waals surface area contributed by atoms with Crippen molar-refractivity contribution in [2.24, 2.45) is 10.2 Å². The zero-order valence-electron chi connectivity index (χ0n) is 28.5. The number of thiazole rings is 1. The molecule has 1 aromatic heterocycles. The topological polar surface area (TPSA) is 168 Å². The molecule has 0 aliphatic heterocycles. The molecule has 1 heterocycles. The van der Waals surface area contributed by atoms with Gasteiger partial charge in [0.2, 0.25) is 23.5 Å². The summed E-state index contributed by atoms with van der Waals surface area (Å²) in [6.45, 7) is 12.8. The third kappa shape index (κ3) is 13.4. The number of benzene rings is 2. The number of azo groups is 1. The lowest BCUT2D eigenvalue weighted by Gasteiger charge is -2.28. The van der Waals surface area contributed by atoms with Crippen molar-refractivity contribution in [3.63, 3.8) is 0 Å². The van der Waals surface area contributed by atoms with E-state index in [2.05, 4.69) is 44.5 Å². The van der Waals surface area contributed by atoms with E-state index in [4.69, 9.17) is 15.6 Å². The SMILES string of the molecule is [C-]#[N+]CCOP(OCCCCCCNC(=O)CCC(=O)Nc1cc(N(C)C)ccc1N=Nc1nc2ccc([N+](=O)[O-])cc2s1)N(C)C(C)C. The fourth-order valence-corrected chi connectivity index (χ4v) is 6.35. The van der Waals surface area contributed by atoms with Crippen LogP contribution in [0.15, 0.2) is 46.6 Å². The number of aromatic nitrogens is 1. The molecule has 17 heteroatoms. The summed E-state index contributed by atoms with van der Waals surface area (Å²) in [6.07, 6.45) is 3.60. The molecule has 1 unspecified atom stereocenters. The molecule has 15 nitrogen and oxygen atoms in total. The molecule has 3 rings (SSSR count). The third-order valence-electron chi connectivity index (χ3n) is 7.17. The molecule has 0 aliphatic rings. The van der Waals surface area contributed by atoms with Crippen molar-refractivity contribution in [2.45, 2.75) is 58.4 Å². The fraction of sp³-hybridized carbons (Fsp3) is 0.500. The van der Waals surface area contributed by atoms with Gasteiger partial charge >= 0.3 is 0 Å². The highest BCUT2D eigenvalue weighted by Crippen LogP contribution is 2.43. The van der Waals surface area contributed by atoms with Crippen LogP contribution in [-0.2, 0) is 18.6 Å². The maximum atomic E-state index is 12.8. The maximum absolute atomic E-state index is 12.8. The van der Waals surface area contributed by atoms with Gasteiger partial charge in [0.15, 0.2) is 0 Å². The van der Waals surface area contributed by atoms with E-state index in [1.54, 1.807) is 18.2 Å². The first kappa shape index (κ1) is 39.3. The normalized spacial score (nSPS) is 12.0. The molecular formula is C32H44N9O6PS. The molecule has 0 saturated heterocycles. The molecule has 1 atom stereocenters. The number of nitrogens with one attached hydrogen (secondary N) is 2. The molecule has 0 radical (unpaired) electrons. The van der Waals surface area contributed by atoms with Gasteiger partial charge in [-0.2, -0.15) is 0 Å². The van der Waals surface area contributed by atoms with Crippen LogP contribution in [0.1, 0.15) is 52.4 Å². The Balaban J connectivity index is 1.42. The van der Waals surface area contributed by atoms with Crippen LogP contribution in [0, 0.1) is 16.7 Å². The third-order valence-corrected chi connectivity index (χ3v) is 9.86. The largest absolute Gasteiger partial charge is 0.378 e. The Morgan fingerprint density at radius 3 is 2.49 bits per heavy atom. The highest BCUT2D eigenvalue weighted by Gasteiger charge is 2.20. The van der Waals surface area contributed by atoms with E-state index in [1.165, 1.54) is 23.5 Å². The van der Waals surface area contributed by atoms with Gasteiger partial charge in [-0.3, -0.25) is 19.7 Å². The van der Waals surface area contributed by atoms with E-state index >= 15 is 0 Å². The number of anilines is 2. The second-order valence-electron chi connectivity index (χ2n) is 11.5. The number of hydrogen-bond donors (Lipinski definition) is 2. The molecule has 2 amide bonds. The lowest BCUT2D eigenvalue weighted by Crippen LogP contribution is -2.25. The van der Waals surface area contributed by atoms with Crippen molar-refractivity contribution in [3.05, 3.63) is 57.9 Å². The Hall–Kier alpha value is -4.13. The summed E-state index contributed by atoms with van der Waals surface area (Å²) in [4.78, 5) is 45.4. The zero-order chi connectivity index (χ0) is 35.8. The number of carbonyl (C=O) groups excluding carboxylic acids is 2. The Kier molecular flexibility index (Phi) is 16.4. The van der Waals surface area contributed by atoms with Crippen molar-refractivity contribution < 1.29 is 23.6 Å². The van der Waals surface area contributed by atoms with E-state index in [-0.39, 0.29) is 36.4 Å². The number of nitrogens with zero attached hydrogens (tertiary/aromatic N) is 7. The molecule has 2 N–H and O–H groups in total. The summed E-state index contributed by atoms with van der Waals surface area (Å²) in [6, 6.07) is 9.99. The van der Waals surface area contributed by atoms with Crippen LogP contribution in [0.4, 0.5) is 27.9 Å². The van der Waals surface area contributed by atoms with Gasteiger partial charge in [-0.25, -0.2) is 16.2 Å². The van der Waals surface area contributed by atoms with Crippen LogP contribution in [-0.4, -0.2) is 79.9 Å². The van der Waals surface area contributed by atoms with E-state index in [1.807, 2.05) is 36.8 Å². The molecule has 0 aliphatic carbocycles. The summed E-state index contributed by atoms with van der Waals surface area (Å²) in [5.74, 6) is -0.536. The average Bonchev–Trinajstić information content (AvgIpc) is 3.49. The van der Waals surface area contributed by atoms with Crippen LogP contribution in [0.5, 0.6) is 0 Å². The monoisotopic (exact) mass is 713 g/mol. The van der Waals surface area contributed by atoms with E-state index in [9.17, 15) is 19.7 Å². The number of nitro benzene ring substituents is 1. The molecular weight excluding hydrogens is 669 g/mol. The standard InChI is InChI=1S/C32H44N9O6PS/c1-23(2)40(6)48(47-20-18-33-3)46-19-10-8-7-9-17-34-30(42)15-16-31(43)35-28-21-24(39(4)5)11-13-26(28)37-38-32-36-27-14-12-25(41(44)45)22-29(27)49-32/h11-14,21-23H,7-10,15-20H2,1-2,4-6H3,(H,34,42)(H,35,43). The maximum Gasteiger partial charge on any atom is 0.270 e. The number of nitro groups is 1. The number of carbonyl (C=O) groups is 2. The van der Waals surface area contributed by atoms with Crippen molar-refractivity contribution in [3.8, 4) is 0 Å². The Morgan fingerprint density at radius 2 is 1.78 bits per heavy atom. The van der Waals surface area contributed by atoms with E-state index in [0.29, 0.717) is 53.0 Å². The molecule has 0 bridgehead atoms. The smallest absolute Gasteiger partial charge is 0.270 e. The number of amides is 2. The summed E-state index contributed by atoms with van der Waals surface area (Å²) >= 11 is 1.17. The quantitative estimate of drug-likeness (QED) is 0.0282. The number of fused-ring (bicyclic) bond motifs is 1. The molecule has 0 spiro atoms. The van der Waals surface area contributed by atoms with Gasteiger partial charge in [0.1, 0.15) is 12.3 Å². The fourth-order valence-electron chi connectivity index (χ4n) is 4.20. The van der Waals surface area contributed by atoms with Gasteiger partial charge in [0, 0.05) is 57.3 Å². The van der Waals surface area contributed by atoms with Gasteiger partial charge in [-0.15, -0.1) is 10.2 Å². The minimum absolute atomic E-state index is 0.00560. The Labute approximate surface area is 292 Å².